The minimum Gasteiger partial charge on any atom is -0.345 e. The Kier molecular flexibility index (Phi) is 10.1. The third-order valence-electron chi connectivity index (χ3n) is 5.96. The Labute approximate surface area is 197 Å². The highest BCUT2D eigenvalue weighted by molar-refractivity contribution is 6.30. The van der Waals surface area contributed by atoms with Crippen LogP contribution in [-0.4, -0.2) is 15.5 Å². The fraction of sp³-hybridized carbons (Fsp3) is 0.481. The first-order chi connectivity index (χ1) is 15.7. The number of unbranched alkanes of at least 4 members (excludes halogenated alkanes) is 9. The van der Waals surface area contributed by atoms with E-state index in [1.165, 1.54) is 57.8 Å². The first-order valence-corrected chi connectivity index (χ1v) is 12.5. The molecule has 0 spiro atoms. The number of carbonyl (C=O) groups excluding carboxylic acids is 1. The molecule has 3 rings (SSSR count). The number of aromatic nitrogens is 2. The molecule has 2 aromatic carbocycles. The van der Waals surface area contributed by atoms with E-state index in [-0.39, 0.29) is 5.91 Å². The molecule has 0 saturated carbocycles. The first-order valence-electron chi connectivity index (χ1n) is 12.2. The quantitative estimate of drug-likeness (QED) is 0.256. The van der Waals surface area contributed by atoms with Gasteiger partial charge in [-0.2, -0.15) is 0 Å². The van der Waals surface area contributed by atoms with Crippen LogP contribution in [0.2, 0.25) is 5.02 Å². The van der Waals surface area contributed by atoms with Crippen molar-refractivity contribution in [3.8, 4) is 0 Å². The van der Waals surface area contributed by atoms with Crippen LogP contribution in [0.15, 0.2) is 48.5 Å². The standard InChI is InChI=1S/C27H36ClN3O/c1-2-3-4-5-6-7-8-9-10-13-19-31-25-18-12-11-17-24(25)30-26(31)21-29-27(32)22-15-14-16-23(28)20-22/h11-12,14-18,20H,2-10,13,19,21H2,1H3,(H,29,32). The van der Waals surface area contributed by atoms with Gasteiger partial charge in [-0.05, 0) is 36.8 Å². The van der Waals surface area contributed by atoms with E-state index in [1.54, 1.807) is 24.3 Å². The molecule has 0 aliphatic heterocycles. The van der Waals surface area contributed by atoms with Crippen LogP contribution < -0.4 is 5.32 Å². The first kappa shape index (κ1) is 24.3. The zero-order chi connectivity index (χ0) is 22.6. The third kappa shape index (κ3) is 7.37. The number of halogens is 1. The Bertz CT molecular complexity index is 982. The van der Waals surface area contributed by atoms with Crippen LogP contribution in [0, 0.1) is 0 Å². The second-order valence-corrected chi connectivity index (χ2v) is 8.98. The van der Waals surface area contributed by atoms with Crippen molar-refractivity contribution in [1.82, 2.24) is 14.9 Å². The van der Waals surface area contributed by atoms with Crippen molar-refractivity contribution in [2.24, 2.45) is 0 Å². The van der Waals surface area contributed by atoms with Gasteiger partial charge in [-0.15, -0.1) is 0 Å². The molecule has 4 nitrogen and oxygen atoms in total. The van der Waals surface area contributed by atoms with Gasteiger partial charge in [0.2, 0.25) is 0 Å². The molecule has 0 saturated heterocycles. The van der Waals surface area contributed by atoms with Gasteiger partial charge in [-0.25, -0.2) is 4.98 Å². The number of imidazole rings is 1. The second kappa shape index (κ2) is 13.3. The summed E-state index contributed by atoms with van der Waals surface area (Å²) in [5, 5.41) is 3.56. The van der Waals surface area contributed by atoms with E-state index in [9.17, 15) is 4.79 Å². The van der Waals surface area contributed by atoms with Gasteiger partial charge in [0.1, 0.15) is 5.82 Å². The molecule has 1 aromatic heterocycles. The Hall–Kier alpha value is -2.33. The van der Waals surface area contributed by atoms with Crippen molar-refractivity contribution >= 4 is 28.5 Å². The molecule has 1 amide bonds. The van der Waals surface area contributed by atoms with Crippen molar-refractivity contribution in [2.45, 2.75) is 84.2 Å². The lowest BCUT2D eigenvalue weighted by Crippen LogP contribution is -2.24. The van der Waals surface area contributed by atoms with E-state index in [4.69, 9.17) is 16.6 Å². The molecule has 0 fully saturated rings. The lowest BCUT2D eigenvalue weighted by atomic mass is 10.1. The minimum atomic E-state index is -0.134. The van der Waals surface area contributed by atoms with E-state index in [1.807, 2.05) is 18.2 Å². The third-order valence-corrected chi connectivity index (χ3v) is 6.20. The number of rotatable bonds is 14. The van der Waals surface area contributed by atoms with Crippen molar-refractivity contribution < 1.29 is 4.79 Å². The van der Waals surface area contributed by atoms with Gasteiger partial charge in [0.15, 0.2) is 0 Å². The van der Waals surface area contributed by atoms with Crippen LogP contribution >= 0.6 is 11.6 Å². The summed E-state index contributed by atoms with van der Waals surface area (Å²) in [4.78, 5) is 17.3. The summed E-state index contributed by atoms with van der Waals surface area (Å²) in [6, 6.07) is 15.2. The summed E-state index contributed by atoms with van der Waals surface area (Å²) >= 11 is 6.02. The summed E-state index contributed by atoms with van der Waals surface area (Å²) in [7, 11) is 0. The van der Waals surface area contributed by atoms with Crippen LogP contribution in [0.1, 0.15) is 87.3 Å². The van der Waals surface area contributed by atoms with Crippen LogP contribution in [0.4, 0.5) is 0 Å². The number of aryl methyl sites for hydroxylation is 1. The van der Waals surface area contributed by atoms with Crippen molar-refractivity contribution in [1.29, 1.82) is 0 Å². The van der Waals surface area contributed by atoms with E-state index in [0.29, 0.717) is 17.1 Å². The number of carbonyl (C=O) groups is 1. The lowest BCUT2D eigenvalue weighted by molar-refractivity contribution is 0.0949. The van der Waals surface area contributed by atoms with Gasteiger partial charge >= 0.3 is 0 Å². The lowest BCUT2D eigenvalue weighted by Gasteiger charge is -2.11. The molecule has 0 radical (unpaired) electrons. The maximum Gasteiger partial charge on any atom is 0.251 e. The molecule has 5 heteroatoms. The number of amides is 1. The molecule has 0 aliphatic carbocycles. The van der Waals surface area contributed by atoms with E-state index in [2.05, 4.69) is 22.9 Å². The molecule has 0 bridgehead atoms. The molecule has 0 atom stereocenters. The fourth-order valence-electron chi connectivity index (χ4n) is 4.16. The average molecular weight is 454 g/mol. The molecular weight excluding hydrogens is 418 g/mol. The number of nitrogens with one attached hydrogen (secondary N) is 1. The van der Waals surface area contributed by atoms with Crippen LogP contribution in [-0.2, 0) is 13.1 Å². The van der Waals surface area contributed by atoms with Gasteiger partial charge in [-0.1, -0.05) is 94.5 Å². The number of benzene rings is 2. The van der Waals surface area contributed by atoms with E-state index in [0.717, 1.165) is 29.8 Å². The molecule has 1 heterocycles. The maximum absolute atomic E-state index is 12.5. The molecule has 0 aliphatic rings. The number of nitrogens with zero attached hydrogens (tertiary/aromatic N) is 2. The molecular formula is C27H36ClN3O. The van der Waals surface area contributed by atoms with E-state index >= 15 is 0 Å². The van der Waals surface area contributed by atoms with Crippen molar-refractivity contribution in [2.75, 3.05) is 0 Å². The fourth-order valence-corrected chi connectivity index (χ4v) is 4.35. The van der Waals surface area contributed by atoms with Crippen molar-refractivity contribution in [3.05, 3.63) is 64.9 Å². The highest BCUT2D eigenvalue weighted by Gasteiger charge is 2.12. The number of hydrogen-bond donors (Lipinski definition) is 1. The second-order valence-electron chi connectivity index (χ2n) is 8.54. The summed E-state index contributed by atoms with van der Waals surface area (Å²) in [6.07, 6.45) is 13.2. The average Bonchev–Trinajstić information content (AvgIpc) is 3.16. The Morgan fingerprint density at radius 1 is 0.906 bits per heavy atom. The monoisotopic (exact) mass is 453 g/mol. The van der Waals surface area contributed by atoms with E-state index < -0.39 is 0 Å². The Morgan fingerprint density at radius 2 is 1.59 bits per heavy atom. The number of para-hydroxylation sites is 2. The SMILES string of the molecule is CCCCCCCCCCCCn1c(CNC(=O)c2cccc(Cl)c2)nc2ccccc21. The maximum atomic E-state index is 12.5. The van der Waals surface area contributed by atoms with Crippen LogP contribution in [0.5, 0.6) is 0 Å². The predicted octanol–water partition coefficient (Wildman–Crippen LogP) is 7.54. The number of fused-ring (bicyclic) bond motifs is 1. The molecule has 1 N–H and O–H groups in total. The Morgan fingerprint density at radius 3 is 2.31 bits per heavy atom. The summed E-state index contributed by atoms with van der Waals surface area (Å²) < 4.78 is 2.26. The smallest absolute Gasteiger partial charge is 0.251 e. The van der Waals surface area contributed by atoms with Crippen molar-refractivity contribution in [3.63, 3.8) is 0 Å². The van der Waals surface area contributed by atoms with Gasteiger partial charge < -0.3 is 9.88 Å². The zero-order valence-corrected chi connectivity index (χ0v) is 20.0. The largest absolute Gasteiger partial charge is 0.345 e. The van der Waals surface area contributed by atoms with Gasteiger partial charge in [-0.3, -0.25) is 4.79 Å². The molecule has 172 valence electrons. The summed E-state index contributed by atoms with van der Waals surface area (Å²) in [5.41, 5.74) is 2.68. The van der Waals surface area contributed by atoms with Gasteiger partial charge in [0.25, 0.3) is 5.91 Å². The normalized spacial score (nSPS) is 11.2. The Balaban J connectivity index is 1.50. The van der Waals surface area contributed by atoms with Crippen LogP contribution in [0.25, 0.3) is 11.0 Å². The summed E-state index contributed by atoms with van der Waals surface area (Å²) in [6.45, 7) is 3.60. The summed E-state index contributed by atoms with van der Waals surface area (Å²) in [5.74, 6) is 0.766. The molecule has 32 heavy (non-hydrogen) atoms. The molecule has 3 aromatic rings. The van der Waals surface area contributed by atoms with Crippen LogP contribution in [0.3, 0.4) is 0 Å². The zero-order valence-electron chi connectivity index (χ0n) is 19.3. The topological polar surface area (TPSA) is 46.9 Å². The molecule has 0 unspecified atom stereocenters. The highest BCUT2D eigenvalue weighted by Crippen LogP contribution is 2.18. The van der Waals surface area contributed by atoms with Gasteiger partial charge in [0.05, 0.1) is 17.6 Å². The highest BCUT2D eigenvalue weighted by atomic mass is 35.5. The van der Waals surface area contributed by atoms with Gasteiger partial charge in [0, 0.05) is 17.1 Å². The number of hydrogen-bond acceptors (Lipinski definition) is 2. The predicted molar refractivity (Wildman–Crippen MR) is 134 cm³/mol. The minimum absolute atomic E-state index is 0.134.